The molecule has 0 rings (SSSR count). The second kappa shape index (κ2) is 15.0. The molecule has 0 saturated heterocycles. The number of aliphatic hydroxyl groups is 1. The van der Waals surface area contributed by atoms with Crippen molar-refractivity contribution in [2.75, 3.05) is 18.6 Å². The molecule has 15 heteroatoms. The molecule has 14 nitrogen and oxygen atoms in total. The molecule has 5 amide bonds. The van der Waals surface area contributed by atoms with Crippen molar-refractivity contribution in [2.24, 2.45) is 17.2 Å². The molecule has 32 heavy (non-hydrogen) atoms. The van der Waals surface area contributed by atoms with Crippen LogP contribution in [0.5, 0.6) is 0 Å². The molecule has 0 saturated carbocycles. The summed E-state index contributed by atoms with van der Waals surface area (Å²) in [6.07, 6.45) is 0.786. The zero-order valence-corrected chi connectivity index (χ0v) is 18.4. The fraction of sp³-hybridized carbons (Fsp3) is 0.647. The summed E-state index contributed by atoms with van der Waals surface area (Å²) in [5.41, 5.74) is 15.7. The predicted molar refractivity (Wildman–Crippen MR) is 114 cm³/mol. The number of nitrogens with two attached hydrogens (primary N) is 3. The van der Waals surface area contributed by atoms with E-state index >= 15 is 0 Å². The van der Waals surface area contributed by atoms with Gasteiger partial charge in [0.25, 0.3) is 0 Å². The number of primary amides is 2. The first-order valence-electron chi connectivity index (χ1n) is 9.48. The van der Waals surface area contributed by atoms with Crippen molar-refractivity contribution < 1.29 is 39.0 Å². The number of aliphatic hydroxyl groups excluding tert-OH is 1. The molecule has 4 unspecified atom stereocenters. The van der Waals surface area contributed by atoms with Crippen LogP contribution < -0.4 is 33.2 Å². The Kier molecular flexibility index (Phi) is 13.6. The van der Waals surface area contributed by atoms with Crippen molar-refractivity contribution in [3.8, 4) is 0 Å². The minimum Gasteiger partial charge on any atom is -0.480 e. The number of carboxylic acid groups (broad SMARTS) is 1. The van der Waals surface area contributed by atoms with E-state index in [9.17, 15) is 33.9 Å². The summed E-state index contributed by atoms with van der Waals surface area (Å²) in [7, 11) is 0. The minimum absolute atomic E-state index is 0.310. The molecule has 0 aliphatic heterocycles. The van der Waals surface area contributed by atoms with Crippen LogP contribution in [-0.2, 0) is 28.8 Å². The molecule has 0 bridgehead atoms. The van der Waals surface area contributed by atoms with E-state index in [2.05, 4.69) is 10.6 Å². The SMILES string of the molecule is CSCCC(N)C(=O)NC(CO)C(=O)NC(CCC(N)=O)C(=O)NC(CC(N)=O)C(=O)O. The molecule has 0 aliphatic rings. The van der Waals surface area contributed by atoms with Crippen molar-refractivity contribution in [1.29, 1.82) is 0 Å². The molecule has 0 aliphatic carbocycles. The smallest absolute Gasteiger partial charge is 0.326 e. The number of aliphatic carboxylic acids is 1. The first-order valence-corrected chi connectivity index (χ1v) is 10.9. The van der Waals surface area contributed by atoms with Crippen molar-refractivity contribution in [3.63, 3.8) is 0 Å². The van der Waals surface area contributed by atoms with Gasteiger partial charge >= 0.3 is 5.97 Å². The number of hydrogen-bond acceptors (Lipinski definition) is 9. The lowest BCUT2D eigenvalue weighted by molar-refractivity contribution is -0.144. The van der Waals surface area contributed by atoms with E-state index in [1.807, 2.05) is 11.6 Å². The van der Waals surface area contributed by atoms with Crippen LogP contribution in [0, 0.1) is 0 Å². The number of carbonyl (C=O) groups is 6. The monoisotopic (exact) mass is 478 g/mol. The van der Waals surface area contributed by atoms with Crippen molar-refractivity contribution >= 4 is 47.3 Å². The number of carboxylic acids is 1. The fourth-order valence-corrected chi connectivity index (χ4v) is 2.84. The van der Waals surface area contributed by atoms with E-state index in [-0.39, 0.29) is 12.8 Å². The summed E-state index contributed by atoms with van der Waals surface area (Å²) < 4.78 is 0. The van der Waals surface area contributed by atoms with Crippen LogP contribution in [0.1, 0.15) is 25.7 Å². The summed E-state index contributed by atoms with van der Waals surface area (Å²) >= 11 is 1.47. The van der Waals surface area contributed by atoms with E-state index in [1.54, 1.807) is 0 Å². The first-order chi connectivity index (χ1) is 14.9. The maximum Gasteiger partial charge on any atom is 0.326 e. The van der Waals surface area contributed by atoms with Crippen molar-refractivity contribution in [3.05, 3.63) is 0 Å². The lowest BCUT2D eigenvalue weighted by atomic mass is 10.1. The summed E-state index contributed by atoms with van der Waals surface area (Å²) in [5, 5.41) is 25.1. The average Bonchev–Trinajstić information content (AvgIpc) is 2.71. The number of thioether (sulfide) groups is 1. The van der Waals surface area contributed by atoms with E-state index < -0.39 is 72.7 Å². The highest BCUT2D eigenvalue weighted by Gasteiger charge is 2.30. The molecule has 0 aromatic carbocycles. The fourth-order valence-electron chi connectivity index (χ4n) is 2.35. The van der Waals surface area contributed by atoms with Gasteiger partial charge in [0.1, 0.15) is 18.1 Å². The van der Waals surface area contributed by atoms with E-state index in [4.69, 9.17) is 22.3 Å². The third-order valence-corrected chi connectivity index (χ3v) is 4.76. The largest absolute Gasteiger partial charge is 0.480 e. The number of amides is 5. The van der Waals surface area contributed by atoms with Gasteiger partial charge in [-0.25, -0.2) is 4.79 Å². The van der Waals surface area contributed by atoms with Gasteiger partial charge in [-0.3, -0.25) is 24.0 Å². The highest BCUT2D eigenvalue weighted by atomic mass is 32.2. The molecule has 0 radical (unpaired) electrons. The molecule has 0 spiro atoms. The van der Waals surface area contributed by atoms with Crippen LogP contribution in [-0.4, -0.2) is 88.5 Å². The van der Waals surface area contributed by atoms with E-state index in [0.29, 0.717) is 12.2 Å². The molecular formula is C17H30N6O8S. The second-order valence-electron chi connectivity index (χ2n) is 6.77. The highest BCUT2D eigenvalue weighted by molar-refractivity contribution is 7.98. The molecule has 11 N–H and O–H groups in total. The van der Waals surface area contributed by atoms with Gasteiger partial charge in [-0.15, -0.1) is 0 Å². The average molecular weight is 479 g/mol. The molecule has 0 aromatic heterocycles. The van der Waals surface area contributed by atoms with Crippen LogP contribution >= 0.6 is 11.8 Å². The Morgan fingerprint density at radius 1 is 0.844 bits per heavy atom. The van der Waals surface area contributed by atoms with Gasteiger partial charge in [-0.05, 0) is 24.9 Å². The Bertz CT molecular complexity index is 707. The lowest BCUT2D eigenvalue weighted by Crippen LogP contribution is -2.58. The third kappa shape index (κ3) is 11.5. The Balaban J connectivity index is 5.31. The molecule has 182 valence electrons. The Morgan fingerprint density at radius 2 is 1.38 bits per heavy atom. The topological polar surface area (TPSA) is 257 Å². The Morgan fingerprint density at radius 3 is 1.84 bits per heavy atom. The number of carbonyl (C=O) groups excluding carboxylic acids is 5. The van der Waals surface area contributed by atoms with Gasteiger partial charge in [-0.1, -0.05) is 0 Å². The van der Waals surface area contributed by atoms with Gasteiger partial charge in [0, 0.05) is 6.42 Å². The van der Waals surface area contributed by atoms with Crippen LogP contribution in [0.3, 0.4) is 0 Å². The predicted octanol–water partition coefficient (Wildman–Crippen LogP) is -4.26. The zero-order valence-electron chi connectivity index (χ0n) is 17.5. The van der Waals surface area contributed by atoms with Crippen LogP contribution in [0.4, 0.5) is 0 Å². The third-order valence-electron chi connectivity index (χ3n) is 4.12. The van der Waals surface area contributed by atoms with Gasteiger partial charge in [0.15, 0.2) is 0 Å². The van der Waals surface area contributed by atoms with Crippen molar-refractivity contribution in [1.82, 2.24) is 16.0 Å². The molecule has 0 heterocycles. The minimum atomic E-state index is -1.67. The Hall–Kier alpha value is -2.91. The van der Waals surface area contributed by atoms with E-state index in [0.717, 1.165) is 0 Å². The number of hydrogen-bond donors (Lipinski definition) is 8. The molecule has 4 atom stereocenters. The molecule has 0 fully saturated rings. The first kappa shape index (κ1) is 29.1. The quantitative estimate of drug-likeness (QED) is 0.106. The van der Waals surface area contributed by atoms with Gasteiger partial charge in [-0.2, -0.15) is 11.8 Å². The maximum atomic E-state index is 12.5. The van der Waals surface area contributed by atoms with Crippen LogP contribution in [0.15, 0.2) is 0 Å². The van der Waals surface area contributed by atoms with Gasteiger partial charge in [0.05, 0.1) is 19.1 Å². The van der Waals surface area contributed by atoms with Crippen LogP contribution in [0.25, 0.3) is 0 Å². The maximum absolute atomic E-state index is 12.5. The summed E-state index contributed by atoms with van der Waals surface area (Å²) in [4.78, 5) is 70.4. The van der Waals surface area contributed by atoms with E-state index in [1.165, 1.54) is 11.8 Å². The molecule has 0 aromatic rings. The van der Waals surface area contributed by atoms with Crippen molar-refractivity contribution in [2.45, 2.75) is 49.9 Å². The lowest BCUT2D eigenvalue weighted by Gasteiger charge is -2.24. The normalized spacial score (nSPS) is 14.3. The summed E-state index contributed by atoms with van der Waals surface area (Å²) in [6, 6.07) is -5.52. The van der Waals surface area contributed by atoms with Crippen LogP contribution in [0.2, 0.25) is 0 Å². The van der Waals surface area contributed by atoms with Gasteiger partial charge in [0.2, 0.25) is 29.5 Å². The van der Waals surface area contributed by atoms with Gasteiger partial charge < -0.3 is 43.4 Å². The highest BCUT2D eigenvalue weighted by Crippen LogP contribution is 2.03. The summed E-state index contributed by atoms with van der Waals surface area (Å²) in [6.45, 7) is -0.823. The number of nitrogens with one attached hydrogen (secondary N) is 3. The zero-order chi connectivity index (χ0) is 24.8. The molecular weight excluding hydrogens is 448 g/mol. The summed E-state index contributed by atoms with van der Waals surface area (Å²) in [5.74, 6) is -5.45. The Labute approximate surface area is 188 Å². The second-order valence-corrected chi connectivity index (χ2v) is 7.75. The standard InChI is InChI=1S/C17H30N6O8S/c1-32-5-4-8(18)14(27)23-11(7-24)16(29)21-9(2-3-12(19)25)15(28)22-10(17(30)31)6-13(20)26/h8-11,24H,2-7,18H2,1H3,(H2,19,25)(H2,20,26)(H,21,29)(H,22,28)(H,23,27)(H,30,31). The number of rotatable bonds is 16.